The van der Waals surface area contributed by atoms with Gasteiger partial charge in [0.05, 0.1) is 7.11 Å². The molecule has 1 saturated heterocycles. The molecule has 1 aliphatic heterocycles. The number of hydrogen-bond donors (Lipinski definition) is 0. The standard InChI is InChI=1S/C21H29ClN4O3/c1-15(2)21-23-19(29-24-21)5-4-6-20(27)26-11-9-25(10-12-26)14-16-13-17(22)7-8-18(16)28-3/h7-8,13,15H,4-6,9-12,14H2,1-3H3. The summed E-state index contributed by atoms with van der Waals surface area (Å²) < 4.78 is 10.7. The molecule has 1 aromatic carbocycles. The first kappa shape index (κ1) is 21.6. The third kappa shape index (κ3) is 5.93. The molecule has 2 heterocycles. The fourth-order valence-corrected chi connectivity index (χ4v) is 3.61. The van der Waals surface area contributed by atoms with Crippen LogP contribution >= 0.6 is 11.6 Å². The summed E-state index contributed by atoms with van der Waals surface area (Å²) >= 11 is 6.12. The molecule has 158 valence electrons. The van der Waals surface area contributed by atoms with E-state index in [9.17, 15) is 4.79 Å². The molecule has 0 aliphatic carbocycles. The topological polar surface area (TPSA) is 71.7 Å². The van der Waals surface area contributed by atoms with Crippen molar-refractivity contribution in [3.63, 3.8) is 0 Å². The lowest BCUT2D eigenvalue weighted by Gasteiger charge is -2.35. The number of piperazine rings is 1. The Labute approximate surface area is 177 Å². The van der Waals surface area contributed by atoms with Gasteiger partial charge in [0.15, 0.2) is 5.82 Å². The molecule has 1 aliphatic rings. The Bertz CT molecular complexity index is 816. The van der Waals surface area contributed by atoms with E-state index in [2.05, 4.69) is 15.0 Å². The van der Waals surface area contributed by atoms with E-state index >= 15 is 0 Å². The number of ether oxygens (including phenoxy) is 1. The molecule has 0 N–H and O–H groups in total. The van der Waals surface area contributed by atoms with Gasteiger partial charge in [-0.15, -0.1) is 0 Å². The predicted octanol–water partition coefficient (Wildman–Crippen LogP) is 3.52. The molecule has 1 fully saturated rings. The monoisotopic (exact) mass is 420 g/mol. The van der Waals surface area contributed by atoms with Gasteiger partial charge in [-0.2, -0.15) is 4.98 Å². The van der Waals surface area contributed by atoms with Crippen molar-refractivity contribution in [3.8, 4) is 5.75 Å². The maximum atomic E-state index is 12.5. The first-order chi connectivity index (χ1) is 14.0. The van der Waals surface area contributed by atoms with Crippen molar-refractivity contribution in [2.75, 3.05) is 33.3 Å². The van der Waals surface area contributed by atoms with E-state index in [0.29, 0.717) is 23.8 Å². The van der Waals surface area contributed by atoms with Crippen molar-refractivity contribution in [2.45, 2.75) is 45.6 Å². The SMILES string of the molecule is COc1ccc(Cl)cc1CN1CCN(C(=O)CCCc2nc(C(C)C)no2)CC1. The Morgan fingerprint density at radius 3 is 2.69 bits per heavy atom. The molecule has 1 amide bonds. The second-order valence-corrected chi connectivity index (χ2v) is 8.10. The summed E-state index contributed by atoms with van der Waals surface area (Å²) in [6.07, 6.45) is 1.86. The number of carbonyl (C=O) groups excluding carboxylic acids is 1. The zero-order valence-electron chi connectivity index (χ0n) is 17.4. The van der Waals surface area contributed by atoms with Crippen LogP contribution in [0.2, 0.25) is 5.02 Å². The van der Waals surface area contributed by atoms with Gasteiger partial charge in [-0.1, -0.05) is 30.6 Å². The minimum Gasteiger partial charge on any atom is -0.496 e. The minimum absolute atomic E-state index is 0.189. The fraction of sp³-hybridized carbons (Fsp3) is 0.571. The van der Waals surface area contributed by atoms with Gasteiger partial charge in [0.25, 0.3) is 0 Å². The van der Waals surface area contributed by atoms with Crippen LogP contribution in [0.4, 0.5) is 0 Å². The molecule has 0 spiro atoms. The molecule has 2 aromatic rings. The molecule has 0 unspecified atom stereocenters. The summed E-state index contributed by atoms with van der Waals surface area (Å²) in [7, 11) is 1.67. The van der Waals surface area contributed by atoms with Gasteiger partial charge in [-0.05, 0) is 24.6 Å². The van der Waals surface area contributed by atoms with E-state index < -0.39 is 0 Å². The molecule has 29 heavy (non-hydrogen) atoms. The molecular formula is C21H29ClN4O3. The summed E-state index contributed by atoms with van der Waals surface area (Å²) in [4.78, 5) is 21.1. The van der Waals surface area contributed by atoms with Gasteiger partial charge < -0.3 is 14.2 Å². The van der Waals surface area contributed by atoms with Crippen LogP contribution in [-0.4, -0.2) is 59.1 Å². The lowest BCUT2D eigenvalue weighted by atomic mass is 10.1. The Hall–Kier alpha value is -2.12. The van der Waals surface area contributed by atoms with Gasteiger partial charge in [0.1, 0.15) is 5.75 Å². The number of nitrogens with zero attached hydrogens (tertiary/aromatic N) is 4. The molecular weight excluding hydrogens is 392 g/mol. The number of halogens is 1. The highest BCUT2D eigenvalue weighted by Gasteiger charge is 2.22. The van der Waals surface area contributed by atoms with Gasteiger partial charge in [0, 0.05) is 62.1 Å². The highest BCUT2D eigenvalue weighted by Crippen LogP contribution is 2.24. The number of amides is 1. The molecule has 0 radical (unpaired) electrons. The van der Waals surface area contributed by atoms with E-state index in [-0.39, 0.29) is 11.8 Å². The van der Waals surface area contributed by atoms with Crippen LogP contribution in [0.1, 0.15) is 49.9 Å². The van der Waals surface area contributed by atoms with Crippen molar-refractivity contribution >= 4 is 17.5 Å². The quantitative estimate of drug-likeness (QED) is 0.650. The van der Waals surface area contributed by atoms with Gasteiger partial charge in [-0.25, -0.2) is 0 Å². The number of aryl methyl sites for hydroxylation is 1. The zero-order valence-corrected chi connectivity index (χ0v) is 18.1. The predicted molar refractivity (Wildman–Crippen MR) is 111 cm³/mol. The number of aromatic nitrogens is 2. The Morgan fingerprint density at radius 2 is 2.03 bits per heavy atom. The minimum atomic E-state index is 0.189. The summed E-state index contributed by atoms with van der Waals surface area (Å²) in [5, 5.41) is 4.66. The lowest BCUT2D eigenvalue weighted by molar-refractivity contribution is -0.133. The van der Waals surface area contributed by atoms with Crippen molar-refractivity contribution in [2.24, 2.45) is 0 Å². The number of hydrogen-bond acceptors (Lipinski definition) is 6. The smallest absolute Gasteiger partial charge is 0.226 e. The molecule has 8 heteroatoms. The van der Waals surface area contributed by atoms with E-state index in [4.69, 9.17) is 20.9 Å². The van der Waals surface area contributed by atoms with Crippen molar-refractivity contribution < 1.29 is 14.1 Å². The molecule has 7 nitrogen and oxygen atoms in total. The van der Waals surface area contributed by atoms with Crippen LogP contribution < -0.4 is 4.74 Å². The number of carbonyl (C=O) groups is 1. The molecule has 3 rings (SSSR count). The zero-order chi connectivity index (χ0) is 20.8. The van der Waals surface area contributed by atoms with Crippen LogP contribution in [0.3, 0.4) is 0 Å². The van der Waals surface area contributed by atoms with Crippen molar-refractivity contribution in [1.29, 1.82) is 0 Å². The van der Waals surface area contributed by atoms with Crippen LogP contribution in [0.15, 0.2) is 22.7 Å². The number of rotatable bonds is 8. The highest BCUT2D eigenvalue weighted by molar-refractivity contribution is 6.30. The van der Waals surface area contributed by atoms with E-state index in [1.165, 1.54) is 0 Å². The van der Waals surface area contributed by atoms with Crippen molar-refractivity contribution in [1.82, 2.24) is 19.9 Å². The second kappa shape index (κ2) is 10.1. The second-order valence-electron chi connectivity index (χ2n) is 7.67. The number of benzene rings is 1. The molecule has 0 atom stereocenters. The van der Waals surface area contributed by atoms with E-state index in [1.54, 1.807) is 7.11 Å². The number of methoxy groups -OCH3 is 1. The molecule has 0 bridgehead atoms. The van der Waals surface area contributed by atoms with E-state index in [1.807, 2.05) is 36.9 Å². The van der Waals surface area contributed by atoms with Gasteiger partial charge >= 0.3 is 0 Å². The first-order valence-corrected chi connectivity index (χ1v) is 10.5. The van der Waals surface area contributed by atoms with E-state index in [0.717, 1.165) is 56.3 Å². The summed E-state index contributed by atoms with van der Waals surface area (Å²) in [6, 6.07) is 5.67. The largest absolute Gasteiger partial charge is 0.496 e. The molecule has 1 aromatic heterocycles. The third-order valence-corrected chi connectivity index (χ3v) is 5.38. The Kier molecular flexibility index (Phi) is 7.50. The van der Waals surface area contributed by atoms with Crippen molar-refractivity contribution in [3.05, 3.63) is 40.5 Å². The first-order valence-electron chi connectivity index (χ1n) is 10.1. The Balaban J connectivity index is 1.41. The average molecular weight is 421 g/mol. The third-order valence-electron chi connectivity index (χ3n) is 5.14. The van der Waals surface area contributed by atoms with Crippen LogP contribution in [-0.2, 0) is 17.8 Å². The summed E-state index contributed by atoms with van der Waals surface area (Å²) in [6.45, 7) is 7.97. The molecule has 0 saturated carbocycles. The lowest BCUT2D eigenvalue weighted by Crippen LogP contribution is -2.48. The summed E-state index contributed by atoms with van der Waals surface area (Å²) in [5.74, 6) is 2.61. The average Bonchev–Trinajstić information content (AvgIpc) is 3.18. The Morgan fingerprint density at radius 1 is 1.28 bits per heavy atom. The van der Waals surface area contributed by atoms with Crippen LogP contribution in [0.5, 0.6) is 5.75 Å². The highest BCUT2D eigenvalue weighted by atomic mass is 35.5. The maximum absolute atomic E-state index is 12.5. The van der Waals surface area contributed by atoms with Gasteiger partial charge in [-0.3, -0.25) is 9.69 Å². The maximum Gasteiger partial charge on any atom is 0.226 e. The van der Waals surface area contributed by atoms with Crippen LogP contribution in [0, 0.1) is 0 Å². The fourth-order valence-electron chi connectivity index (χ4n) is 3.42. The van der Waals surface area contributed by atoms with Gasteiger partial charge in [0.2, 0.25) is 11.8 Å². The summed E-state index contributed by atoms with van der Waals surface area (Å²) in [5.41, 5.74) is 1.07. The normalized spacial score (nSPS) is 15.1. The van der Waals surface area contributed by atoms with Crippen LogP contribution in [0.25, 0.3) is 0 Å².